The SMILES string of the molecule is COC(=O)CCCn1nc(-c2ccccc2)c2ccccc21. The number of hydrogen-bond acceptors (Lipinski definition) is 3. The first kappa shape index (κ1) is 14.3. The van der Waals surface area contributed by atoms with Crippen LogP contribution >= 0.6 is 0 Å². The van der Waals surface area contributed by atoms with Crippen molar-refractivity contribution in [1.29, 1.82) is 0 Å². The lowest BCUT2D eigenvalue weighted by molar-refractivity contribution is -0.140. The molecule has 112 valence electrons. The summed E-state index contributed by atoms with van der Waals surface area (Å²) in [5.74, 6) is -0.181. The van der Waals surface area contributed by atoms with Crippen molar-refractivity contribution in [2.24, 2.45) is 0 Å². The van der Waals surface area contributed by atoms with Gasteiger partial charge in [0.15, 0.2) is 0 Å². The van der Waals surface area contributed by atoms with Crippen LogP contribution in [0.4, 0.5) is 0 Å². The number of fused-ring (bicyclic) bond motifs is 1. The molecule has 0 aliphatic rings. The molecule has 0 unspecified atom stereocenters. The van der Waals surface area contributed by atoms with E-state index in [1.807, 2.05) is 35.0 Å². The third-order valence-corrected chi connectivity index (χ3v) is 3.68. The number of carbonyl (C=O) groups excluding carboxylic acids is 1. The highest BCUT2D eigenvalue weighted by Gasteiger charge is 2.11. The van der Waals surface area contributed by atoms with E-state index in [0.29, 0.717) is 19.4 Å². The van der Waals surface area contributed by atoms with Crippen molar-refractivity contribution in [1.82, 2.24) is 9.78 Å². The van der Waals surface area contributed by atoms with Crippen LogP contribution in [-0.4, -0.2) is 22.9 Å². The monoisotopic (exact) mass is 294 g/mol. The fourth-order valence-electron chi connectivity index (χ4n) is 2.58. The second-order valence-electron chi connectivity index (χ2n) is 5.13. The zero-order valence-electron chi connectivity index (χ0n) is 12.5. The van der Waals surface area contributed by atoms with Crippen LogP contribution in [0.2, 0.25) is 0 Å². The zero-order chi connectivity index (χ0) is 15.4. The van der Waals surface area contributed by atoms with E-state index in [0.717, 1.165) is 22.2 Å². The van der Waals surface area contributed by atoms with Gasteiger partial charge in [-0.25, -0.2) is 0 Å². The van der Waals surface area contributed by atoms with E-state index >= 15 is 0 Å². The summed E-state index contributed by atoms with van der Waals surface area (Å²) >= 11 is 0. The fraction of sp³-hybridized carbons (Fsp3) is 0.222. The molecule has 0 saturated carbocycles. The highest BCUT2D eigenvalue weighted by Crippen LogP contribution is 2.27. The smallest absolute Gasteiger partial charge is 0.305 e. The maximum atomic E-state index is 11.2. The van der Waals surface area contributed by atoms with Gasteiger partial charge in [-0.3, -0.25) is 9.48 Å². The quantitative estimate of drug-likeness (QED) is 0.675. The first-order valence-corrected chi connectivity index (χ1v) is 7.37. The van der Waals surface area contributed by atoms with Gasteiger partial charge in [0.1, 0.15) is 5.69 Å². The van der Waals surface area contributed by atoms with Crippen LogP contribution in [-0.2, 0) is 16.1 Å². The molecule has 4 heteroatoms. The van der Waals surface area contributed by atoms with E-state index in [2.05, 4.69) is 29.0 Å². The van der Waals surface area contributed by atoms with Gasteiger partial charge in [-0.2, -0.15) is 5.10 Å². The molecule has 1 heterocycles. The van der Waals surface area contributed by atoms with Crippen LogP contribution < -0.4 is 0 Å². The van der Waals surface area contributed by atoms with Crippen molar-refractivity contribution >= 4 is 16.9 Å². The summed E-state index contributed by atoms with van der Waals surface area (Å²) in [5, 5.41) is 5.88. The van der Waals surface area contributed by atoms with Crippen molar-refractivity contribution in [3.8, 4) is 11.3 Å². The van der Waals surface area contributed by atoms with E-state index < -0.39 is 0 Å². The Kier molecular flexibility index (Phi) is 4.19. The molecule has 3 aromatic rings. The van der Waals surface area contributed by atoms with Crippen LogP contribution in [0.3, 0.4) is 0 Å². The number of rotatable bonds is 5. The number of hydrogen-bond donors (Lipinski definition) is 0. The van der Waals surface area contributed by atoms with Crippen LogP contribution in [0.25, 0.3) is 22.2 Å². The molecule has 0 bridgehead atoms. The first-order chi connectivity index (χ1) is 10.8. The molecule has 0 spiro atoms. The Hall–Kier alpha value is -2.62. The number of ether oxygens (including phenoxy) is 1. The van der Waals surface area contributed by atoms with E-state index in [1.54, 1.807) is 0 Å². The lowest BCUT2D eigenvalue weighted by Gasteiger charge is -2.02. The van der Waals surface area contributed by atoms with E-state index in [1.165, 1.54) is 7.11 Å². The normalized spacial score (nSPS) is 10.8. The molecule has 22 heavy (non-hydrogen) atoms. The number of para-hydroxylation sites is 1. The van der Waals surface area contributed by atoms with E-state index in [-0.39, 0.29) is 5.97 Å². The average Bonchev–Trinajstić information content (AvgIpc) is 2.94. The molecule has 1 aromatic heterocycles. The summed E-state index contributed by atoms with van der Waals surface area (Å²) in [6.07, 6.45) is 1.12. The summed E-state index contributed by atoms with van der Waals surface area (Å²) in [6, 6.07) is 18.3. The molecule has 0 aliphatic carbocycles. The number of nitrogens with zero attached hydrogens (tertiary/aromatic N) is 2. The third-order valence-electron chi connectivity index (χ3n) is 3.68. The maximum absolute atomic E-state index is 11.2. The van der Waals surface area contributed by atoms with Crippen LogP contribution in [0.5, 0.6) is 0 Å². The van der Waals surface area contributed by atoms with Gasteiger partial charge < -0.3 is 4.74 Å². The van der Waals surface area contributed by atoms with Gasteiger partial charge in [0, 0.05) is 23.9 Å². The minimum atomic E-state index is -0.181. The second-order valence-corrected chi connectivity index (χ2v) is 5.13. The Morgan fingerprint density at radius 1 is 1.09 bits per heavy atom. The Bertz CT molecular complexity index is 778. The highest BCUT2D eigenvalue weighted by atomic mass is 16.5. The van der Waals surface area contributed by atoms with Gasteiger partial charge in [0.05, 0.1) is 12.6 Å². The minimum Gasteiger partial charge on any atom is -0.469 e. The van der Waals surface area contributed by atoms with Gasteiger partial charge in [-0.15, -0.1) is 0 Å². The molecular weight excluding hydrogens is 276 g/mol. The number of carbonyl (C=O) groups is 1. The van der Waals surface area contributed by atoms with Gasteiger partial charge in [-0.1, -0.05) is 48.5 Å². The Morgan fingerprint density at radius 3 is 2.59 bits per heavy atom. The first-order valence-electron chi connectivity index (χ1n) is 7.37. The lowest BCUT2D eigenvalue weighted by atomic mass is 10.1. The third kappa shape index (κ3) is 2.86. The van der Waals surface area contributed by atoms with Crippen molar-refractivity contribution in [2.75, 3.05) is 7.11 Å². The van der Waals surface area contributed by atoms with Crippen LogP contribution in [0, 0.1) is 0 Å². The minimum absolute atomic E-state index is 0.181. The van der Waals surface area contributed by atoms with Crippen LogP contribution in [0.15, 0.2) is 54.6 Å². The summed E-state index contributed by atoms with van der Waals surface area (Å²) in [5.41, 5.74) is 3.17. The molecule has 0 fully saturated rings. The molecule has 0 aliphatic heterocycles. The molecule has 0 amide bonds. The van der Waals surface area contributed by atoms with Crippen LogP contribution in [0.1, 0.15) is 12.8 Å². The maximum Gasteiger partial charge on any atom is 0.305 e. The van der Waals surface area contributed by atoms with Gasteiger partial charge in [0.2, 0.25) is 0 Å². The summed E-state index contributed by atoms with van der Waals surface area (Å²) in [7, 11) is 1.42. The van der Waals surface area contributed by atoms with Crippen molar-refractivity contribution in [3.63, 3.8) is 0 Å². The molecular formula is C18H18N2O2. The molecule has 3 rings (SSSR count). The molecule has 2 aromatic carbocycles. The Labute approximate surface area is 129 Å². The summed E-state index contributed by atoms with van der Waals surface area (Å²) in [4.78, 5) is 11.2. The number of methoxy groups -OCH3 is 1. The lowest BCUT2D eigenvalue weighted by Crippen LogP contribution is -2.05. The van der Waals surface area contributed by atoms with Crippen molar-refractivity contribution < 1.29 is 9.53 Å². The number of esters is 1. The predicted octanol–water partition coefficient (Wildman–Crippen LogP) is 3.66. The second kappa shape index (κ2) is 6.43. The molecule has 0 atom stereocenters. The fourth-order valence-corrected chi connectivity index (χ4v) is 2.58. The zero-order valence-corrected chi connectivity index (χ0v) is 12.5. The van der Waals surface area contributed by atoms with E-state index in [9.17, 15) is 4.79 Å². The number of aromatic nitrogens is 2. The van der Waals surface area contributed by atoms with Crippen molar-refractivity contribution in [2.45, 2.75) is 19.4 Å². The number of aryl methyl sites for hydroxylation is 1. The summed E-state index contributed by atoms with van der Waals surface area (Å²) < 4.78 is 6.65. The van der Waals surface area contributed by atoms with Crippen molar-refractivity contribution in [3.05, 3.63) is 54.6 Å². The largest absolute Gasteiger partial charge is 0.469 e. The highest BCUT2D eigenvalue weighted by molar-refractivity contribution is 5.93. The Morgan fingerprint density at radius 2 is 1.82 bits per heavy atom. The van der Waals surface area contributed by atoms with Gasteiger partial charge in [-0.05, 0) is 12.5 Å². The standard InChI is InChI=1S/C18H18N2O2/c1-22-17(21)12-7-13-20-16-11-6-5-10-15(16)18(19-20)14-8-3-2-4-9-14/h2-6,8-11H,7,12-13H2,1H3. The van der Waals surface area contributed by atoms with E-state index in [4.69, 9.17) is 5.10 Å². The van der Waals surface area contributed by atoms with Gasteiger partial charge in [0.25, 0.3) is 0 Å². The molecule has 0 N–H and O–H groups in total. The molecule has 0 saturated heterocycles. The van der Waals surface area contributed by atoms with Gasteiger partial charge >= 0.3 is 5.97 Å². The predicted molar refractivity (Wildman–Crippen MR) is 86.4 cm³/mol. The molecule has 0 radical (unpaired) electrons. The Balaban J connectivity index is 1.93. The number of benzene rings is 2. The topological polar surface area (TPSA) is 44.1 Å². The average molecular weight is 294 g/mol. The molecule has 4 nitrogen and oxygen atoms in total. The summed E-state index contributed by atoms with van der Waals surface area (Å²) in [6.45, 7) is 0.697.